The first-order chi connectivity index (χ1) is 21.7. The lowest BCUT2D eigenvalue weighted by Crippen LogP contribution is -2.28. The molecule has 2 heteroatoms. The minimum Gasteiger partial charge on any atom is -0.455 e. The van der Waals surface area contributed by atoms with Gasteiger partial charge in [-0.3, -0.25) is 0 Å². The standard InChI is InChI=1S/C42H29NO/c1-43(32-24-26-36-37-25-19-28-11-5-6-14-33(28)41(37)44-40(36)27-32)31-22-20-30(21-23-31)42(29-12-3-2-4-13-29)38-17-9-7-15-34(38)35-16-8-10-18-39(35)42/h2-27H,1H3. The van der Waals surface area contributed by atoms with E-state index >= 15 is 0 Å². The van der Waals surface area contributed by atoms with Gasteiger partial charge >= 0.3 is 0 Å². The summed E-state index contributed by atoms with van der Waals surface area (Å²) in [5.41, 5.74) is 11.5. The molecular weight excluding hydrogens is 534 g/mol. The van der Waals surface area contributed by atoms with Crippen LogP contribution in [0.15, 0.2) is 162 Å². The number of nitrogens with zero attached hydrogens (tertiary/aromatic N) is 1. The summed E-state index contributed by atoms with van der Waals surface area (Å²) in [4.78, 5) is 2.24. The quantitative estimate of drug-likeness (QED) is 0.212. The second-order valence-electron chi connectivity index (χ2n) is 11.8. The lowest BCUT2D eigenvalue weighted by atomic mass is 9.68. The molecule has 1 aromatic heterocycles. The average molecular weight is 564 g/mol. The Kier molecular flexibility index (Phi) is 5.36. The van der Waals surface area contributed by atoms with Crippen molar-refractivity contribution in [1.82, 2.24) is 0 Å². The van der Waals surface area contributed by atoms with Crippen LogP contribution in [0.1, 0.15) is 22.3 Å². The van der Waals surface area contributed by atoms with E-state index in [1.54, 1.807) is 0 Å². The van der Waals surface area contributed by atoms with E-state index in [9.17, 15) is 0 Å². The monoisotopic (exact) mass is 563 g/mol. The van der Waals surface area contributed by atoms with Gasteiger partial charge in [0.25, 0.3) is 0 Å². The van der Waals surface area contributed by atoms with Crippen molar-refractivity contribution in [3.63, 3.8) is 0 Å². The van der Waals surface area contributed by atoms with Gasteiger partial charge in [0.15, 0.2) is 0 Å². The number of hydrogen-bond donors (Lipinski definition) is 0. The Morgan fingerprint density at radius 3 is 1.82 bits per heavy atom. The molecule has 44 heavy (non-hydrogen) atoms. The van der Waals surface area contributed by atoms with Gasteiger partial charge in [-0.05, 0) is 69.1 Å². The zero-order valence-corrected chi connectivity index (χ0v) is 24.4. The smallest absolute Gasteiger partial charge is 0.143 e. The van der Waals surface area contributed by atoms with Crippen molar-refractivity contribution in [3.05, 3.63) is 180 Å². The van der Waals surface area contributed by atoms with Crippen molar-refractivity contribution in [3.8, 4) is 11.1 Å². The highest BCUT2D eigenvalue weighted by Crippen LogP contribution is 2.56. The normalized spacial score (nSPS) is 13.3. The number of anilines is 2. The van der Waals surface area contributed by atoms with Gasteiger partial charge in [0.05, 0.1) is 5.41 Å². The van der Waals surface area contributed by atoms with Crippen LogP contribution in [0.4, 0.5) is 11.4 Å². The Balaban J connectivity index is 1.16. The Bertz CT molecular complexity index is 2300. The zero-order chi connectivity index (χ0) is 29.3. The molecule has 0 amide bonds. The minimum atomic E-state index is -0.387. The number of fused-ring (bicyclic) bond motifs is 8. The Hall–Kier alpha value is -5.60. The second-order valence-corrected chi connectivity index (χ2v) is 11.8. The molecule has 0 radical (unpaired) electrons. The molecule has 0 bridgehead atoms. The van der Waals surface area contributed by atoms with Crippen molar-refractivity contribution in [2.75, 3.05) is 11.9 Å². The predicted molar refractivity (Wildman–Crippen MR) is 183 cm³/mol. The largest absolute Gasteiger partial charge is 0.455 e. The van der Waals surface area contributed by atoms with E-state index in [-0.39, 0.29) is 5.41 Å². The minimum absolute atomic E-state index is 0.387. The third-order valence-corrected chi connectivity index (χ3v) is 9.58. The van der Waals surface area contributed by atoms with Crippen LogP contribution >= 0.6 is 0 Å². The highest BCUT2D eigenvalue weighted by atomic mass is 16.3. The van der Waals surface area contributed by atoms with E-state index in [0.29, 0.717) is 0 Å². The van der Waals surface area contributed by atoms with Crippen molar-refractivity contribution in [2.24, 2.45) is 0 Å². The summed E-state index contributed by atoms with van der Waals surface area (Å²) in [5, 5.41) is 4.63. The van der Waals surface area contributed by atoms with Crippen LogP contribution < -0.4 is 4.90 Å². The van der Waals surface area contributed by atoms with E-state index in [4.69, 9.17) is 4.42 Å². The highest BCUT2D eigenvalue weighted by molar-refractivity contribution is 6.15. The lowest BCUT2D eigenvalue weighted by Gasteiger charge is -2.34. The van der Waals surface area contributed by atoms with Crippen LogP contribution in [0.5, 0.6) is 0 Å². The summed E-state index contributed by atoms with van der Waals surface area (Å²) < 4.78 is 6.48. The molecule has 0 unspecified atom stereocenters. The van der Waals surface area contributed by atoms with E-state index in [2.05, 4.69) is 170 Å². The Morgan fingerprint density at radius 1 is 0.477 bits per heavy atom. The zero-order valence-electron chi connectivity index (χ0n) is 24.4. The second kappa shape index (κ2) is 9.45. The van der Waals surface area contributed by atoms with Gasteiger partial charge in [-0.2, -0.15) is 0 Å². The number of benzene rings is 7. The van der Waals surface area contributed by atoms with Crippen molar-refractivity contribution >= 4 is 44.1 Å². The third kappa shape index (κ3) is 3.43. The maximum absolute atomic E-state index is 6.48. The molecular formula is C42H29NO. The van der Waals surface area contributed by atoms with Crippen LogP contribution in [0, 0.1) is 0 Å². The molecule has 0 saturated carbocycles. The van der Waals surface area contributed by atoms with Gasteiger partial charge in [0, 0.05) is 40.6 Å². The fraction of sp³-hybridized carbons (Fsp3) is 0.0476. The summed E-state index contributed by atoms with van der Waals surface area (Å²) in [6.45, 7) is 0. The molecule has 1 aliphatic carbocycles. The molecule has 1 aliphatic rings. The molecule has 0 saturated heterocycles. The molecule has 208 valence electrons. The fourth-order valence-corrected chi connectivity index (χ4v) is 7.50. The van der Waals surface area contributed by atoms with Crippen LogP contribution in [0.3, 0.4) is 0 Å². The molecule has 1 heterocycles. The van der Waals surface area contributed by atoms with Gasteiger partial charge in [-0.25, -0.2) is 0 Å². The van der Waals surface area contributed by atoms with E-state index in [0.717, 1.165) is 38.7 Å². The van der Waals surface area contributed by atoms with Crippen LogP contribution in [0.2, 0.25) is 0 Å². The summed E-state index contributed by atoms with van der Waals surface area (Å²) in [7, 11) is 2.13. The van der Waals surface area contributed by atoms with Gasteiger partial charge < -0.3 is 9.32 Å². The van der Waals surface area contributed by atoms with E-state index < -0.39 is 0 Å². The molecule has 0 fully saturated rings. The first kappa shape index (κ1) is 24.9. The molecule has 0 spiro atoms. The van der Waals surface area contributed by atoms with Gasteiger partial charge in [-0.1, -0.05) is 121 Å². The van der Waals surface area contributed by atoms with E-state index in [1.165, 1.54) is 38.8 Å². The summed E-state index contributed by atoms with van der Waals surface area (Å²) >= 11 is 0. The summed E-state index contributed by atoms with van der Waals surface area (Å²) in [6, 6.07) is 57.1. The van der Waals surface area contributed by atoms with Gasteiger partial charge in [0.2, 0.25) is 0 Å². The van der Waals surface area contributed by atoms with Crippen LogP contribution in [-0.4, -0.2) is 7.05 Å². The molecule has 9 rings (SSSR count). The molecule has 7 aromatic carbocycles. The summed E-state index contributed by atoms with van der Waals surface area (Å²) in [6.07, 6.45) is 0. The molecule has 0 N–H and O–H groups in total. The van der Waals surface area contributed by atoms with Crippen molar-refractivity contribution in [1.29, 1.82) is 0 Å². The third-order valence-electron chi connectivity index (χ3n) is 9.58. The molecule has 0 atom stereocenters. The maximum atomic E-state index is 6.48. The number of rotatable bonds is 4. The first-order valence-corrected chi connectivity index (χ1v) is 15.2. The van der Waals surface area contributed by atoms with Crippen LogP contribution in [-0.2, 0) is 5.41 Å². The first-order valence-electron chi connectivity index (χ1n) is 15.2. The Morgan fingerprint density at radius 2 is 1.07 bits per heavy atom. The van der Waals surface area contributed by atoms with Crippen molar-refractivity contribution in [2.45, 2.75) is 5.41 Å². The number of furan rings is 1. The van der Waals surface area contributed by atoms with E-state index in [1.807, 2.05) is 0 Å². The SMILES string of the molecule is CN(c1ccc(C2(c3ccccc3)c3ccccc3-c3ccccc32)cc1)c1ccc2c(c1)oc1c3ccccc3ccc21. The van der Waals surface area contributed by atoms with Gasteiger partial charge in [0.1, 0.15) is 11.2 Å². The highest BCUT2D eigenvalue weighted by Gasteiger charge is 2.45. The fourth-order valence-electron chi connectivity index (χ4n) is 7.50. The van der Waals surface area contributed by atoms with Crippen LogP contribution in [0.25, 0.3) is 43.8 Å². The molecule has 2 nitrogen and oxygen atoms in total. The lowest BCUT2D eigenvalue weighted by molar-refractivity contribution is 0.672. The summed E-state index contributed by atoms with van der Waals surface area (Å²) in [5.74, 6) is 0. The average Bonchev–Trinajstić information content (AvgIpc) is 3.62. The topological polar surface area (TPSA) is 16.4 Å². The number of hydrogen-bond acceptors (Lipinski definition) is 2. The maximum Gasteiger partial charge on any atom is 0.143 e. The predicted octanol–water partition coefficient (Wildman–Crippen LogP) is 10.9. The molecule has 8 aromatic rings. The molecule has 0 aliphatic heterocycles. The van der Waals surface area contributed by atoms with Crippen molar-refractivity contribution < 1.29 is 4.42 Å². The Labute approximate surface area is 256 Å². The van der Waals surface area contributed by atoms with Gasteiger partial charge in [-0.15, -0.1) is 0 Å².